The molecule has 5 fully saturated rings. The second-order valence-corrected chi connectivity index (χ2v) is 13.5. The molecule has 2 heterocycles. The molecule has 4 aliphatic carbocycles. The molecule has 0 bridgehead atoms. The third-order valence-electron chi connectivity index (χ3n) is 12.1. The van der Waals surface area contributed by atoms with Gasteiger partial charge in [-0.3, -0.25) is 0 Å². The third-order valence-corrected chi connectivity index (χ3v) is 12.1. The predicted molar refractivity (Wildman–Crippen MR) is 138 cm³/mol. The Bertz CT molecular complexity index is 971. The molecule has 0 aromatic carbocycles. The first-order valence-electron chi connectivity index (χ1n) is 14.7. The molecule has 1 saturated heterocycles. The number of aliphatic hydroxyl groups is 2. The molecule has 6 rings (SSSR count). The van der Waals surface area contributed by atoms with Gasteiger partial charge >= 0.3 is 12.0 Å². The van der Waals surface area contributed by atoms with Crippen LogP contribution in [-0.2, 0) is 9.53 Å². The fourth-order valence-corrected chi connectivity index (χ4v) is 9.94. The van der Waals surface area contributed by atoms with Gasteiger partial charge < -0.3 is 30.5 Å². The zero-order chi connectivity index (χ0) is 26.0. The highest BCUT2D eigenvalue weighted by Crippen LogP contribution is 2.69. The first kappa shape index (κ1) is 25.6. The van der Waals surface area contributed by atoms with Crippen LogP contribution in [0.3, 0.4) is 0 Å². The van der Waals surface area contributed by atoms with Crippen LogP contribution in [-0.4, -0.2) is 77.6 Å². The monoisotopic (exact) mass is 515 g/mol. The number of amides is 2. The number of cyclic esters (lactones) is 1. The molecule has 0 aromatic rings. The average molecular weight is 516 g/mol. The first-order chi connectivity index (χ1) is 17.7. The Balaban J connectivity index is 1.13. The number of piperazine rings is 1. The summed E-state index contributed by atoms with van der Waals surface area (Å²) in [5, 5.41) is 28.4. The third kappa shape index (κ3) is 3.96. The molecule has 2 aliphatic heterocycles. The number of hydrogen-bond acceptors (Lipinski definition) is 6. The molecule has 0 radical (unpaired) electrons. The largest absolute Gasteiger partial charge is 0.458 e. The number of hydrogen-bond donors (Lipinski definition) is 4. The van der Waals surface area contributed by atoms with Crippen molar-refractivity contribution < 1.29 is 24.5 Å². The molecular formula is C29H45N3O5. The Hall–Kier alpha value is -1.64. The Morgan fingerprint density at radius 3 is 2.76 bits per heavy atom. The van der Waals surface area contributed by atoms with Gasteiger partial charge in [-0.25, -0.2) is 9.59 Å². The molecule has 37 heavy (non-hydrogen) atoms. The van der Waals surface area contributed by atoms with E-state index in [1.165, 1.54) is 0 Å². The normalized spacial score (nSPS) is 47.4. The first-order valence-corrected chi connectivity index (χ1v) is 14.7. The maximum absolute atomic E-state index is 13.0. The minimum Gasteiger partial charge on any atom is -0.458 e. The minimum absolute atomic E-state index is 0.00524. The van der Waals surface area contributed by atoms with Gasteiger partial charge in [-0.15, -0.1) is 0 Å². The second kappa shape index (κ2) is 9.23. The van der Waals surface area contributed by atoms with Crippen LogP contribution in [0.2, 0.25) is 0 Å². The highest BCUT2D eigenvalue weighted by atomic mass is 16.5. The van der Waals surface area contributed by atoms with Crippen LogP contribution in [0.25, 0.3) is 0 Å². The van der Waals surface area contributed by atoms with Crippen molar-refractivity contribution in [2.45, 2.75) is 89.3 Å². The highest BCUT2D eigenvalue weighted by Gasteiger charge is 2.67. The number of rotatable bonds is 3. The van der Waals surface area contributed by atoms with Gasteiger partial charge in [0.1, 0.15) is 6.61 Å². The Morgan fingerprint density at radius 2 is 2.00 bits per heavy atom. The smallest absolute Gasteiger partial charge is 0.331 e. The topological polar surface area (TPSA) is 111 Å². The number of aliphatic hydroxyl groups excluding tert-OH is 1. The Kier molecular flexibility index (Phi) is 6.39. The van der Waals surface area contributed by atoms with E-state index >= 15 is 0 Å². The van der Waals surface area contributed by atoms with Crippen LogP contribution in [0, 0.1) is 34.5 Å². The van der Waals surface area contributed by atoms with Crippen LogP contribution in [0.1, 0.15) is 71.6 Å². The van der Waals surface area contributed by atoms with Gasteiger partial charge in [0.2, 0.25) is 0 Å². The van der Waals surface area contributed by atoms with Crippen molar-refractivity contribution in [1.82, 2.24) is 15.5 Å². The van der Waals surface area contributed by atoms with Gasteiger partial charge in [-0.2, -0.15) is 0 Å². The summed E-state index contributed by atoms with van der Waals surface area (Å²) in [5.74, 6) is 1.38. The maximum atomic E-state index is 13.0. The van der Waals surface area contributed by atoms with E-state index in [0.717, 1.165) is 69.9 Å². The van der Waals surface area contributed by atoms with Crippen LogP contribution < -0.4 is 10.6 Å². The number of carbonyl (C=O) groups excluding carboxylic acids is 2. The molecule has 6 aliphatic rings. The van der Waals surface area contributed by atoms with E-state index in [1.807, 2.05) is 4.90 Å². The average Bonchev–Trinajstić information content (AvgIpc) is 3.44. The van der Waals surface area contributed by atoms with Crippen molar-refractivity contribution in [1.29, 1.82) is 0 Å². The van der Waals surface area contributed by atoms with E-state index in [2.05, 4.69) is 24.5 Å². The van der Waals surface area contributed by atoms with Gasteiger partial charge in [-0.05, 0) is 92.4 Å². The van der Waals surface area contributed by atoms with E-state index in [9.17, 15) is 19.8 Å². The van der Waals surface area contributed by atoms with Crippen LogP contribution in [0.5, 0.6) is 0 Å². The molecule has 2 amide bonds. The lowest BCUT2D eigenvalue weighted by Crippen LogP contribution is -2.63. The molecule has 0 unspecified atom stereocenters. The van der Waals surface area contributed by atoms with Crippen molar-refractivity contribution >= 4 is 12.0 Å². The van der Waals surface area contributed by atoms with Gasteiger partial charge in [-0.1, -0.05) is 13.8 Å². The molecule has 8 heteroatoms. The summed E-state index contributed by atoms with van der Waals surface area (Å²) < 4.78 is 5.26. The molecule has 9 atom stereocenters. The summed E-state index contributed by atoms with van der Waals surface area (Å²) in [7, 11) is 0. The Morgan fingerprint density at radius 1 is 1.16 bits per heavy atom. The van der Waals surface area contributed by atoms with Crippen molar-refractivity contribution in [3.63, 3.8) is 0 Å². The lowest BCUT2D eigenvalue weighted by atomic mass is 9.43. The van der Waals surface area contributed by atoms with E-state index < -0.39 is 5.60 Å². The fourth-order valence-electron chi connectivity index (χ4n) is 9.94. The molecule has 206 valence electrons. The summed E-state index contributed by atoms with van der Waals surface area (Å²) in [4.78, 5) is 26.6. The van der Waals surface area contributed by atoms with Gasteiger partial charge in [0.25, 0.3) is 0 Å². The minimum atomic E-state index is -0.683. The zero-order valence-electron chi connectivity index (χ0n) is 22.5. The van der Waals surface area contributed by atoms with E-state index in [1.54, 1.807) is 6.08 Å². The summed E-state index contributed by atoms with van der Waals surface area (Å²) in [6, 6.07) is 0.162. The van der Waals surface area contributed by atoms with Crippen molar-refractivity contribution in [3.8, 4) is 0 Å². The predicted octanol–water partition coefficient (Wildman–Crippen LogP) is 2.59. The molecular weight excluding hydrogens is 470 g/mol. The SMILES string of the molecule is C[C@]12CC[C@H](NC(=O)N3CCN[C@H](CO)C3)C[C@H]1CC[C@@H]1[C@@H]2CC[C@]2(C)[C@@H](C3=CC(=O)OC3)CC[C@]12O. The molecule has 4 saturated carbocycles. The summed E-state index contributed by atoms with van der Waals surface area (Å²) in [5.41, 5.74) is 0.408. The number of ether oxygens (including phenoxy) is 1. The van der Waals surface area contributed by atoms with Crippen LogP contribution in [0.15, 0.2) is 11.6 Å². The number of fused-ring (bicyclic) bond motifs is 5. The van der Waals surface area contributed by atoms with Crippen molar-refractivity contribution in [3.05, 3.63) is 11.6 Å². The van der Waals surface area contributed by atoms with E-state index in [0.29, 0.717) is 37.5 Å². The summed E-state index contributed by atoms with van der Waals surface area (Å²) >= 11 is 0. The summed E-state index contributed by atoms with van der Waals surface area (Å²) in [6.07, 6.45) is 10.8. The molecule has 8 nitrogen and oxygen atoms in total. The number of urea groups is 1. The number of nitrogens with zero attached hydrogens (tertiary/aromatic N) is 1. The van der Waals surface area contributed by atoms with Crippen molar-refractivity contribution in [2.75, 3.05) is 32.8 Å². The fraction of sp³-hybridized carbons (Fsp3) is 0.862. The van der Waals surface area contributed by atoms with Crippen molar-refractivity contribution in [2.24, 2.45) is 34.5 Å². The van der Waals surface area contributed by atoms with Gasteiger partial charge in [0.15, 0.2) is 0 Å². The lowest BCUT2D eigenvalue weighted by Gasteiger charge is -2.64. The van der Waals surface area contributed by atoms with Crippen LogP contribution in [0.4, 0.5) is 4.79 Å². The number of esters is 1. The standard InChI is InChI=1S/C29H45N3O5/c1-27-8-5-20(31-26(35)32-12-11-30-21(15-32)16-33)14-19(27)3-4-24-23(27)6-9-28(2)22(7-10-29(24,28)36)18-13-25(34)37-17-18/h13,19-24,30,33,36H,3-12,14-17H2,1-2H3,(H,31,35)/t19-,20+,21+,22-,23+,24-,27+,28-,29+/m1/s1. The quantitative estimate of drug-likeness (QED) is 0.430. The molecule has 4 N–H and O–H groups in total. The van der Waals surface area contributed by atoms with E-state index in [4.69, 9.17) is 4.74 Å². The highest BCUT2D eigenvalue weighted by molar-refractivity contribution is 5.85. The van der Waals surface area contributed by atoms with Crippen LogP contribution >= 0.6 is 0 Å². The molecule has 0 spiro atoms. The molecule has 0 aromatic heterocycles. The summed E-state index contributed by atoms with van der Waals surface area (Å²) in [6.45, 7) is 7.14. The van der Waals surface area contributed by atoms with Gasteiger partial charge in [0, 0.05) is 43.2 Å². The second-order valence-electron chi connectivity index (χ2n) is 13.5. The van der Waals surface area contributed by atoms with Gasteiger partial charge in [0.05, 0.1) is 12.2 Å². The zero-order valence-corrected chi connectivity index (χ0v) is 22.5. The number of carbonyl (C=O) groups is 2. The lowest BCUT2D eigenvalue weighted by molar-refractivity contribution is -0.204. The maximum Gasteiger partial charge on any atom is 0.331 e. The number of nitrogens with one attached hydrogen (secondary N) is 2. The Labute approximate surface area is 220 Å². The van der Waals surface area contributed by atoms with E-state index in [-0.39, 0.29) is 47.4 Å².